The number of nitriles is 1. The predicted octanol–water partition coefficient (Wildman–Crippen LogP) is -0.149. The number of hydrazine groups is 1. The van der Waals surface area contributed by atoms with Gasteiger partial charge in [0.15, 0.2) is 0 Å². The van der Waals surface area contributed by atoms with Crippen molar-refractivity contribution in [3.63, 3.8) is 0 Å². The number of sulfonamides is 1. The Bertz CT molecular complexity index is 444. The SMILES string of the molecule is N#Cc1ccc(CS(=O)(=O)NN)cc1. The second-order valence-corrected chi connectivity index (χ2v) is 4.44. The Morgan fingerprint density at radius 3 is 2.36 bits per heavy atom. The number of rotatable bonds is 3. The van der Waals surface area contributed by atoms with Gasteiger partial charge in [0.05, 0.1) is 17.4 Å². The number of nitrogens with one attached hydrogen (secondary N) is 1. The van der Waals surface area contributed by atoms with Crippen LogP contribution in [0.5, 0.6) is 0 Å². The van der Waals surface area contributed by atoms with E-state index in [0.29, 0.717) is 11.1 Å². The van der Waals surface area contributed by atoms with Gasteiger partial charge < -0.3 is 0 Å². The van der Waals surface area contributed by atoms with Gasteiger partial charge in [-0.05, 0) is 17.7 Å². The number of nitrogens with two attached hydrogens (primary N) is 1. The van der Waals surface area contributed by atoms with Gasteiger partial charge in [0, 0.05) is 0 Å². The third-order valence-corrected chi connectivity index (χ3v) is 2.69. The predicted molar refractivity (Wildman–Crippen MR) is 51.1 cm³/mol. The van der Waals surface area contributed by atoms with Gasteiger partial charge in [-0.2, -0.15) is 10.1 Å². The third-order valence-electron chi connectivity index (χ3n) is 1.62. The van der Waals surface area contributed by atoms with Crippen molar-refractivity contribution in [2.24, 2.45) is 5.84 Å². The lowest BCUT2D eigenvalue weighted by Crippen LogP contribution is -2.31. The first kappa shape index (κ1) is 10.7. The van der Waals surface area contributed by atoms with Gasteiger partial charge in [-0.1, -0.05) is 12.1 Å². The quantitative estimate of drug-likeness (QED) is 0.537. The molecule has 1 aromatic carbocycles. The van der Waals surface area contributed by atoms with Crippen molar-refractivity contribution in [2.75, 3.05) is 0 Å². The summed E-state index contributed by atoms with van der Waals surface area (Å²) >= 11 is 0. The molecule has 74 valence electrons. The molecule has 3 N–H and O–H groups in total. The van der Waals surface area contributed by atoms with Crippen molar-refractivity contribution in [3.05, 3.63) is 35.4 Å². The smallest absolute Gasteiger partial charge is 0.228 e. The highest BCUT2D eigenvalue weighted by Gasteiger charge is 2.08. The minimum atomic E-state index is -3.45. The van der Waals surface area contributed by atoms with E-state index in [4.69, 9.17) is 11.1 Å². The van der Waals surface area contributed by atoms with Gasteiger partial charge in [-0.3, -0.25) is 5.84 Å². The topological polar surface area (TPSA) is 96.0 Å². The Morgan fingerprint density at radius 1 is 1.36 bits per heavy atom. The van der Waals surface area contributed by atoms with Crippen molar-refractivity contribution < 1.29 is 8.42 Å². The lowest BCUT2D eigenvalue weighted by atomic mass is 10.2. The van der Waals surface area contributed by atoms with E-state index in [-0.39, 0.29) is 5.75 Å². The molecule has 0 aliphatic heterocycles. The molecule has 1 aromatic rings. The molecule has 0 unspecified atom stereocenters. The highest BCUT2D eigenvalue weighted by atomic mass is 32.2. The summed E-state index contributed by atoms with van der Waals surface area (Å²) in [5.41, 5.74) is 1.08. The maximum atomic E-state index is 11.0. The van der Waals surface area contributed by atoms with Crippen LogP contribution in [0.4, 0.5) is 0 Å². The molecule has 0 fully saturated rings. The van der Waals surface area contributed by atoms with Crippen LogP contribution in [0.25, 0.3) is 0 Å². The van der Waals surface area contributed by atoms with Crippen molar-refractivity contribution in [1.29, 1.82) is 5.26 Å². The monoisotopic (exact) mass is 211 g/mol. The van der Waals surface area contributed by atoms with Crippen LogP contribution in [0.3, 0.4) is 0 Å². The minimum absolute atomic E-state index is 0.185. The number of hydrogen-bond donors (Lipinski definition) is 2. The molecular weight excluding hydrogens is 202 g/mol. The lowest BCUT2D eigenvalue weighted by Gasteiger charge is -2.01. The van der Waals surface area contributed by atoms with Gasteiger partial charge in [-0.25, -0.2) is 8.42 Å². The number of benzene rings is 1. The molecule has 0 atom stereocenters. The van der Waals surface area contributed by atoms with Crippen LogP contribution in [-0.2, 0) is 15.8 Å². The summed E-state index contributed by atoms with van der Waals surface area (Å²) in [4.78, 5) is 1.73. The van der Waals surface area contributed by atoms with Crippen LogP contribution in [0.15, 0.2) is 24.3 Å². The molecule has 0 saturated carbocycles. The second-order valence-electron chi connectivity index (χ2n) is 2.69. The summed E-state index contributed by atoms with van der Waals surface area (Å²) in [6.07, 6.45) is 0. The minimum Gasteiger partial charge on any atom is -0.258 e. The Hall–Kier alpha value is -1.42. The van der Waals surface area contributed by atoms with Gasteiger partial charge in [0.2, 0.25) is 10.0 Å². The van der Waals surface area contributed by atoms with E-state index in [0.717, 1.165) is 0 Å². The van der Waals surface area contributed by atoms with Crippen molar-refractivity contribution >= 4 is 10.0 Å². The zero-order valence-electron chi connectivity index (χ0n) is 7.27. The van der Waals surface area contributed by atoms with E-state index in [2.05, 4.69) is 0 Å². The Kier molecular flexibility index (Phi) is 3.19. The fourth-order valence-electron chi connectivity index (χ4n) is 0.937. The van der Waals surface area contributed by atoms with Crippen molar-refractivity contribution in [1.82, 2.24) is 4.83 Å². The largest absolute Gasteiger partial charge is 0.258 e. The molecule has 1 rings (SSSR count). The summed E-state index contributed by atoms with van der Waals surface area (Å²) in [6, 6.07) is 8.21. The molecule has 0 spiro atoms. The highest BCUT2D eigenvalue weighted by molar-refractivity contribution is 7.88. The van der Waals surface area contributed by atoms with Crippen LogP contribution >= 0.6 is 0 Å². The number of nitrogens with zero attached hydrogens (tertiary/aromatic N) is 1. The average molecular weight is 211 g/mol. The standard InChI is InChI=1S/C8H9N3O2S/c9-5-7-1-3-8(4-2-7)6-14(12,13)11-10/h1-4,11H,6,10H2. The Labute approximate surface area is 82.2 Å². The van der Waals surface area contributed by atoms with Gasteiger partial charge in [0.1, 0.15) is 0 Å². The summed E-state index contributed by atoms with van der Waals surface area (Å²) in [5.74, 6) is 4.63. The van der Waals surface area contributed by atoms with Crippen LogP contribution in [0.2, 0.25) is 0 Å². The van der Waals surface area contributed by atoms with Crippen molar-refractivity contribution in [3.8, 4) is 6.07 Å². The van der Waals surface area contributed by atoms with E-state index in [1.807, 2.05) is 6.07 Å². The molecule has 0 bridgehead atoms. The first-order valence-corrected chi connectivity index (χ1v) is 5.42. The molecule has 0 radical (unpaired) electrons. The van der Waals surface area contributed by atoms with Crippen LogP contribution in [-0.4, -0.2) is 8.42 Å². The van der Waals surface area contributed by atoms with Gasteiger partial charge in [0.25, 0.3) is 0 Å². The average Bonchev–Trinajstić information content (AvgIpc) is 2.19. The van der Waals surface area contributed by atoms with E-state index in [1.54, 1.807) is 29.1 Å². The fourth-order valence-corrected chi connectivity index (χ4v) is 1.65. The van der Waals surface area contributed by atoms with Crippen LogP contribution < -0.4 is 10.7 Å². The van der Waals surface area contributed by atoms with E-state index >= 15 is 0 Å². The molecule has 0 saturated heterocycles. The second kappa shape index (κ2) is 4.19. The van der Waals surface area contributed by atoms with E-state index in [9.17, 15) is 8.42 Å². The summed E-state index contributed by atoms with van der Waals surface area (Å²) < 4.78 is 22.0. The van der Waals surface area contributed by atoms with Crippen LogP contribution in [0.1, 0.15) is 11.1 Å². The molecule has 6 heteroatoms. The normalized spacial score (nSPS) is 10.9. The first-order valence-electron chi connectivity index (χ1n) is 3.76. The zero-order valence-corrected chi connectivity index (χ0v) is 8.08. The Balaban J connectivity index is 2.86. The van der Waals surface area contributed by atoms with Crippen molar-refractivity contribution in [2.45, 2.75) is 5.75 Å². The maximum absolute atomic E-state index is 11.0. The Morgan fingerprint density at radius 2 is 1.93 bits per heavy atom. The molecule has 0 aliphatic carbocycles. The molecule has 14 heavy (non-hydrogen) atoms. The molecule has 5 nitrogen and oxygen atoms in total. The van der Waals surface area contributed by atoms with E-state index < -0.39 is 10.0 Å². The summed E-state index contributed by atoms with van der Waals surface area (Å²) in [6.45, 7) is 0. The molecule has 0 amide bonds. The first-order chi connectivity index (χ1) is 6.57. The zero-order chi connectivity index (χ0) is 10.6. The third kappa shape index (κ3) is 2.81. The highest BCUT2D eigenvalue weighted by Crippen LogP contribution is 2.06. The summed E-state index contributed by atoms with van der Waals surface area (Å²) in [5, 5.41) is 8.51. The molecule has 0 aromatic heterocycles. The molecule has 0 heterocycles. The van der Waals surface area contributed by atoms with E-state index in [1.165, 1.54) is 0 Å². The van der Waals surface area contributed by atoms with Crippen LogP contribution in [0, 0.1) is 11.3 Å². The lowest BCUT2D eigenvalue weighted by molar-refractivity contribution is 0.583. The fraction of sp³-hybridized carbons (Fsp3) is 0.125. The number of hydrogen-bond acceptors (Lipinski definition) is 4. The molecule has 0 aliphatic rings. The van der Waals surface area contributed by atoms with Gasteiger partial charge in [-0.15, -0.1) is 0 Å². The van der Waals surface area contributed by atoms with Gasteiger partial charge >= 0.3 is 0 Å². The maximum Gasteiger partial charge on any atom is 0.228 e. The molecular formula is C8H9N3O2S. The summed E-state index contributed by atoms with van der Waals surface area (Å²) in [7, 11) is -3.45.